The molecule has 10 nitrogen and oxygen atoms in total. The number of benzene rings is 4. The summed E-state index contributed by atoms with van der Waals surface area (Å²) >= 11 is 12.9. The predicted molar refractivity (Wildman–Crippen MR) is 191 cm³/mol. The fourth-order valence-electron chi connectivity index (χ4n) is 4.27. The summed E-state index contributed by atoms with van der Waals surface area (Å²) in [5, 5.41) is 10.2. The summed E-state index contributed by atoms with van der Waals surface area (Å²) in [6, 6.07) is 18.7. The Morgan fingerprint density at radius 3 is 1.18 bits per heavy atom. The van der Waals surface area contributed by atoms with Crippen molar-refractivity contribution in [3.05, 3.63) is 102 Å². The van der Waals surface area contributed by atoms with Crippen molar-refractivity contribution >= 4 is 121 Å². The molecule has 2 aromatic heterocycles. The van der Waals surface area contributed by atoms with Gasteiger partial charge >= 0.3 is 24.4 Å². The summed E-state index contributed by atoms with van der Waals surface area (Å²) in [5.74, 6) is -2.27. The third-order valence-electron chi connectivity index (χ3n) is 6.47. The minimum Gasteiger partial charge on any atom is -0.333 e. The van der Waals surface area contributed by atoms with E-state index in [0.717, 1.165) is 0 Å². The Balaban J connectivity index is 0.000000194. The molecule has 50 heavy (non-hydrogen) atoms. The Hall–Kier alpha value is -4.14. The maximum absolute atomic E-state index is 12.9. The van der Waals surface area contributed by atoms with E-state index in [4.69, 9.17) is 0 Å². The number of anilines is 4. The van der Waals surface area contributed by atoms with E-state index in [-0.39, 0.29) is 33.4 Å². The van der Waals surface area contributed by atoms with Gasteiger partial charge in [-0.05, 0) is 112 Å². The van der Waals surface area contributed by atoms with E-state index in [0.29, 0.717) is 29.3 Å². The van der Waals surface area contributed by atoms with Crippen LogP contribution in [0, 0.1) is 0 Å². The second-order valence-corrected chi connectivity index (χ2v) is 13.3. The Kier molecular flexibility index (Phi) is 11.1. The lowest BCUT2D eigenvalue weighted by Crippen LogP contribution is -2.19. The first-order valence-corrected chi connectivity index (χ1v) is 16.8. The van der Waals surface area contributed by atoms with Crippen molar-refractivity contribution in [3.63, 3.8) is 0 Å². The first-order chi connectivity index (χ1) is 23.5. The van der Waals surface area contributed by atoms with Crippen LogP contribution >= 0.6 is 63.7 Å². The number of imidazole rings is 2. The van der Waals surface area contributed by atoms with Gasteiger partial charge in [0.05, 0.1) is 33.8 Å². The summed E-state index contributed by atoms with van der Waals surface area (Å²) in [5.41, 5.74) is 1.63. The summed E-state index contributed by atoms with van der Waals surface area (Å²) in [7, 11) is 0. The molecule has 0 atom stereocenters. The molecule has 0 saturated carbocycles. The molecule has 0 aliphatic carbocycles. The molecule has 0 fully saturated rings. The van der Waals surface area contributed by atoms with E-state index < -0.39 is 36.1 Å². The van der Waals surface area contributed by atoms with E-state index in [9.17, 15) is 35.9 Å². The molecule has 0 saturated heterocycles. The van der Waals surface area contributed by atoms with E-state index in [1.807, 2.05) is 0 Å². The van der Waals surface area contributed by atoms with Crippen LogP contribution < -0.4 is 21.3 Å². The quantitative estimate of drug-likeness (QED) is 0.0980. The van der Waals surface area contributed by atoms with E-state index >= 15 is 0 Å². The highest BCUT2D eigenvalue weighted by Crippen LogP contribution is 2.36. The lowest BCUT2D eigenvalue weighted by Gasteiger charge is -2.09. The number of alkyl halides is 6. The molecule has 20 heteroatoms. The molecule has 4 aromatic carbocycles. The average Bonchev–Trinajstić information content (AvgIpc) is 3.71. The minimum absolute atomic E-state index is 0.00368. The number of urea groups is 2. The maximum Gasteiger partial charge on any atom is 0.449 e. The SMILES string of the molecule is O=C(Nc1ccccc1Br)Nc1ccc(Br)c2[nH]c(C(F)(F)F)nc12.O=C(Nc1ccccc1Br)Nc1ccc(Br)c2[nH]c(C(F)(F)F)nc12. The first-order valence-electron chi connectivity index (χ1n) is 13.7. The zero-order chi connectivity index (χ0) is 36.4. The molecule has 6 rings (SSSR count). The van der Waals surface area contributed by atoms with Crippen LogP contribution in [0.1, 0.15) is 11.6 Å². The first kappa shape index (κ1) is 37.1. The smallest absolute Gasteiger partial charge is 0.333 e. The van der Waals surface area contributed by atoms with Crippen LogP contribution in [-0.2, 0) is 12.4 Å². The molecule has 260 valence electrons. The number of carbonyl (C=O) groups excluding carboxylic acids is 2. The predicted octanol–water partition coefficient (Wildman–Crippen LogP) is 11.5. The summed E-state index contributed by atoms with van der Waals surface area (Å²) in [6.45, 7) is 0. The molecule has 0 aliphatic heterocycles. The molecule has 4 amide bonds. The van der Waals surface area contributed by atoms with Gasteiger partial charge < -0.3 is 31.2 Å². The van der Waals surface area contributed by atoms with E-state index in [1.54, 1.807) is 48.5 Å². The van der Waals surface area contributed by atoms with Crippen molar-refractivity contribution in [2.24, 2.45) is 0 Å². The zero-order valence-electron chi connectivity index (χ0n) is 24.4. The van der Waals surface area contributed by atoms with Crippen LogP contribution in [0.3, 0.4) is 0 Å². The summed E-state index contributed by atoms with van der Waals surface area (Å²) in [6.07, 6.45) is -9.24. The van der Waals surface area contributed by atoms with Crippen LogP contribution in [0.4, 0.5) is 58.7 Å². The number of H-pyrrole nitrogens is 2. The number of hydrogen-bond donors (Lipinski definition) is 6. The molecule has 0 radical (unpaired) electrons. The molecule has 0 spiro atoms. The van der Waals surface area contributed by atoms with Gasteiger partial charge in [-0.1, -0.05) is 24.3 Å². The van der Waals surface area contributed by atoms with Gasteiger partial charge in [0.2, 0.25) is 11.6 Å². The standard InChI is InChI=1S/2C15H9Br2F3N4O/c2*16-7-3-1-2-4-9(7)21-14(25)22-10-6-5-8(17)11-12(10)24-13(23-11)15(18,19)20/h2*1-6H,(H,23,24)(H2,21,22,25). The number of para-hydroxylation sites is 2. The van der Waals surface area contributed by atoms with Gasteiger partial charge in [0.1, 0.15) is 11.0 Å². The Bertz CT molecular complexity index is 2070. The van der Waals surface area contributed by atoms with Crippen LogP contribution in [0.5, 0.6) is 0 Å². The molecule has 6 aromatic rings. The van der Waals surface area contributed by atoms with Gasteiger partial charge in [-0.15, -0.1) is 0 Å². The van der Waals surface area contributed by atoms with Crippen LogP contribution in [0.25, 0.3) is 22.1 Å². The highest BCUT2D eigenvalue weighted by atomic mass is 79.9. The van der Waals surface area contributed by atoms with Gasteiger partial charge in [-0.3, -0.25) is 0 Å². The number of nitrogens with one attached hydrogen (secondary N) is 6. The van der Waals surface area contributed by atoms with Crippen molar-refractivity contribution < 1.29 is 35.9 Å². The number of fused-ring (bicyclic) bond motifs is 2. The number of hydrogen-bond acceptors (Lipinski definition) is 4. The Morgan fingerprint density at radius 2 is 0.840 bits per heavy atom. The van der Waals surface area contributed by atoms with Crippen molar-refractivity contribution in [2.45, 2.75) is 12.4 Å². The Morgan fingerprint density at radius 1 is 0.500 bits per heavy atom. The number of amides is 4. The number of rotatable bonds is 4. The zero-order valence-corrected chi connectivity index (χ0v) is 30.8. The number of aromatic amines is 2. The third kappa shape index (κ3) is 8.77. The number of carbonyl (C=O) groups is 2. The lowest BCUT2D eigenvalue weighted by molar-refractivity contribution is -0.144. The molecule has 0 aliphatic rings. The molecular formula is C30H18Br4F6N8O2. The number of aromatic nitrogens is 4. The minimum atomic E-state index is -4.62. The molecular weight excluding hydrogens is 938 g/mol. The van der Waals surface area contributed by atoms with Gasteiger partial charge in [-0.2, -0.15) is 26.3 Å². The maximum atomic E-state index is 12.9. The van der Waals surface area contributed by atoms with Crippen LogP contribution in [0.15, 0.2) is 90.7 Å². The fraction of sp³-hybridized carbons (Fsp3) is 0.0667. The van der Waals surface area contributed by atoms with Crippen molar-refractivity contribution in [3.8, 4) is 0 Å². The highest BCUT2D eigenvalue weighted by molar-refractivity contribution is 9.11. The Labute approximate surface area is 310 Å². The van der Waals surface area contributed by atoms with Gasteiger partial charge in [0, 0.05) is 17.9 Å². The molecule has 0 unspecified atom stereocenters. The average molecular weight is 956 g/mol. The molecule has 0 bridgehead atoms. The second-order valence-electron chi connectivity index (χ2n) is 9.92. The molecule has 6 N–H and O–H groups in total. The van der Waals surface area contributed by atoms with Crippen molar-refractivity contribution in [1.82, 2.24) is 19.9 Å². The normalized spacial score (nSPS) is 11.6. The van der Waals surface area contributed by atoms with Crippen molar-refractivity contribution in [2.75, 3.05) is 21.3 Å². The van der Waals surface area contributed by atoms with Crippen LogP contribution in [0.2, 0.25) is 0 Å². The third-order valence-corrected chi connectivity index (χ3v) is 9.17. The van der Waals surface area contributed by atoms with E-state index in [2.05, 4.69) is 105 Å². The van der Waals surface area contributed by atoms with Gasteiger partial charge in [-0.25, -0.2) is 19.6 Å². The number of halogens is 10. The van der Waals surface area contributed by atoms with Crippen LogP contribution in [-0.4, -0.2) is 32.0 Å². The monoisotopic (exact) mass is 952 g/mol. The molecule has 2 heterocycles. The van der Waals surface area contributed by atoms with Gasteiger partial charge in [0.15, 0.2) is 0 Å². The second kappa shape index (κ2) is 15.0. The lowest BCUT2D eigenvalue weighted by atomic mass is 10.2. The van der Waals surface area contributed by atoms with Crippen molar-refractivity contribution in [1.29, 1.82) is 0 Å². The topological polar surface area (TPSA) is 140 Å². The summed E-state index contributed by atoms with van der Waals surface area (Å²) in [4.78, 5) is 35.9. The van der Waals surface area contributed by atoms with E-state index in [1.165, 1.54) is 24.3 Å². The largest absolute Gasteiger partial charge is 0.449 e. The summed E-state index contributed by atoms with van der Waals surface area (Å²) < 4.78 is 79.4. The van der Waals surface area contributed by atoms with Gasteiger partial charge in [0.25, 0.3) is 0 Å². The number of nitrogens with zero attached hydrogens (tertiary/aromatic N) is 2. The fourth-order valence-corrected chi connectivity index (χ4v) is 5.87. The highest BCUT2D eigenvalue weighted by Gasteiger charge is 2.36.